The molecule has 0 radical (unpaired) electrons. The molecule has 1 aromatic rings. The van der Waals surface area contributed by atoms with E-state index >= 15 is 0 Å². The van der Waals surface area contributed by atoms with E-state index < -0.39 is 12.3 Å². The van der Waals surface area contributed by atoms with Crippen LogP contribution < -0.4 is 4.74 Å². The van der Waals surface area contributed by atoms with E-state index in [1.165, 1.54) is 12.1 Å². The Morgan fingerprint density at radius 2 is 2.11 bits per heavy atom. The first-order valence-corrected chi connectivity index (χ1v) is 5.68. The van der Waals surface area contributed by atoms with E-state index in [0.717, 1.165) is 6.08 Å². The molecule has 0 saturated carbocycles. The van der Waals surface area contributed by atoms with Crippen LogP contribution in [0.25, 0.3) is 6.08 Å². The molecule has 0 spiro atoms. The zero-order chi connectivity index (χ0) is 13.5. The van der Waals surface area contributed by atoms with Crippen LogP contribution in [0.15, 0.2) is 12.1 Å². The van der Waals surface area contributed by atoms with E-state index in [1.54, 1.807) is 6.92 Å². The third-order valence-electron chi connectivity index (χ3n) is 2.71. The molecule has 0 aliphatic carbocycles. The molecule has 0 saturated heterocycles. The minimum absolute atomic E-state index is 0.0560. The van der Waals surface area contributed by atoms with Gasteiger partial charge in [0, 0.05) is 17.2 Å². The fourth-order valence-corrected chi connectivity index (χ4v) is 2.18. The van der Waals surface area contributed by atoms with Gasteiger partial charge in [0.05, 0.1) is 5.02 Å². The van der Waals surface area contributed by atoms with Gasteiger partial charge in [-0.05, 0) is 18.6 Å². The highest BCUT2D eigenvalue weighted by Crippen LogP contribution is 2.41. The van der Waals surface area contributed by atoms with Crippen LogP contribution in [0, 0.1) is 0 Å². The Labute approximate surface area is 107 Å². The molecule has 1 atom stereocenters. The smallest absolute Gasteiger partial charge is 0.429 e. The van der Waals surface area contributed by atoms with Gasteiger partial charge in [0.15, 0.2) is 0 Å². The molecular weight excluding hydrogens is 269 g/mol. The first kappa shape index (κ1) is 13.1. The Kier molecular flexibility index (Phi) is 3.19. The molecule has 1 heterocycles. The molecule has 2 rings (SSSR count). The SMILES string of the molecule is CCc1c(O)cc2c(c1Cl)C=CC(C(F)(F)F)O2. The maximum Gasteiger partial charge on any atom is 0.429 e. The van der Waals surface area contributed by atoms with Crippen molar-refractivity contribution in [3.05, 3.63) is 28.3 Å². The molecule has 0 fully saturated rings. The largest absolute Gasteiger partial charge is 0.507 e. The first-order valence-electron chi connectivity index (χ1n) is 5.30. The van der Waals surface area contributed by atoms with Crippen molar-refractivity contribution >= 4 is 17.7 Å². The summed E-state index contributed by atoms with van der Waals surface area (Å²) < 4.78 is 42.3. The van der Waals surface area contributed by atoms with Gasteiger partial charge in [-0.15, -0.1) is 0 Å². The van der Waals surface area contributed by atoms with Crippen LogP contribution in [0.4, 0.5) is 13.2 Å². The van der Waals surface area contributed by atoms with E-state index in [2.05, 4.69) is 0 Å². The normalized spacial score (nSPS) is 18.4. The van der Waals surface area contributed by atoms with Crippen molar-refractivity contribution in [3.8, 4) is 11.5 Å². The number of ether oxygens (including phenoxy) is 1. The summed E-state index contributed by atoms with van der Waals surface area (Å²) in [4.78, 5) is 0. The number of alkyl halides is 3. The molecule has 1 aliphatic rings. The standard InChI is InChI=1S/C12H10ClF3O2/c1-2-6-8(17)5-9-7(11(6)13)3-4-10(18-9)12(14,15)16/h3-5,10,17H,2H2,1H3. The number of hydrogen-bond acceptors (Lipinski definition) is 2. The summed E-state index contributed by atoms with van der Waals surface area (Å²) in [6.45, 7) is 1.79. The highest BCUT2D eigenvalue weighted by molar-refractivity contribution is 6.33. The molecule has 1 N–H and O–H groups in total. The van der Waals surface area contributed by atoms with Crippen LogP contribution in [0.1, 0.15) is 18.1 Å². The molecule has 98 valence electrons. The molecule has 1 aromatic carbocycles. The summed E-state index contributed by atoms with van der Waals surface area (Å²) in [5.74, 6) is -0.211. The van der Waals surface area contributed by atoms with Crippen LogP contribution in [0.5, 0.6) is 11.5 Å². The predicted molar refractivity (Wildman–Crippen MR) is 62.0 cm³/mol. The molecule has 1 aliphatic heterocycles. The highest BCUT2D eigenvalue weighted by atomic mass is 35.5. The number of hydrogen-bond donors (Lipinski definition) is 1. The molecule has 6 heteroatoms. The van der Waals surface area contributed by atoms with E-state index in [0.29, 0.717) is 17.5 Å². The summed E-state index contributed by atoms with van der Waals surface area (Å²) in [5.41, 5.74) is 0.862. The maximum absolute atomic E-state index is 12.5. The number of rotatable bonds is 1. The monoisotopic (exact) mass is 278 g/mol. The fraction of sp³-hybridized carbons (Fsp3) is 0.333. The van der Waals surface area contributed by atoms with Crippen LogP contribution in [-0.4, -0.2) is 17.4 Å². The van der Waals surface area contributed by atoms with Crippen molar-refractivity contribution in [2.45, 2.75) is 25.6 Å². The lowest BCUT2D eigenvalue weighted by atomic mass is 10.0. The van der Waals surface area contributed by atoms with Crippen molar-refractivity contribution in [1.29, 1.82) is 0 Å². The molecule has 0 aromatic heterocycles. The Hall–Kier alpha value is -1.36. The van der Waals surface area contributed by atoms with Gasteiger partial charge in [-0.3, -0.25) is 0 Å². The van der Waals surface area contributed by atoms with Crippen LogP contribution in [0.2, 0.25) is 5.02 Å². The average Bonchev–Trinajstić information content (AvgIpc) is 2.27. The highest BCUT2D eigenvalue weighted by Gasteiger charge is 2.41. The van der Waals surface area contributed by atoms with E-state index in [9.17, 15) is 18.3 Å². The summed E-state index contributed by atoms with van der Waals surface area (Å²) in [6, 6.07) is 1.17. The Morgan fingerprint density at radius 1 is 1.44 bits per heavy atom. The maximum atomic E-state index is 12.5. The number of benzene rings is 1. The van der Waals surface area contributed by atoms with Crippen LogP contribution in [0.3, 0.4) is 0 Å². The van der Waals surface area contributed by atoms with Gasteiger partial charge in [-0.1, -0.05) is 18.5 Å². The average molecular weight is 279 g/mol. The number of phenols is 1. The van der Waals surface area contributed by atoms with Crippen molar-refractivity contribution in [2.75, 3.05) is 0 Å². The lowest BCUT2D eigenvalue weighted by molar-refractivity contribution is -0.180. The molecule has 0 bridgehead atoms. The van der Waals surface area contributed by atoms with Crippen molar-refractivity contribution in [1.82, 2.24) is 0 Å². The molecular formula is C12H10ClF3O2. The zero-order valence-corrected chi connectivity index (χ0v) is 10.1. The Bertz CT molecular complexity index is 509. The van der Waals surface area contributed by atoms with Crippen LogP contribution in [-0.2, 0) is 6.42 Å². The number of fused-ring (bicyclic) bond motifs is 1. The molecule has 2 nitrogen and oxygen atoms in total. The van der Waals surface area contributed by atoms with Gasteiger partial charge in [0.25, 0.3) is 0 Å². The predicted octanol–water partition coefficient (Wildman–Crippen LogP) is 3.94. The van der Waals surface area contributed by atoms with Gasteiger partial charge in [0.1, 0.15) is 11.5 Å². The third kappa shape index (κ3) is 2.14. The molecule has 0 amide bonds. The van der Waals surface area contributed by atoms with Crippen LogP contribution >= 0.6 is 11.6 Å². The minimum atomic E-state index is -4.49. The van der Waals surface area contributed by atoms with Crippen molar-refractivity contribution in [3.63, 3.8) is 0 Å². The lowest BCUT2D eigenvalue weighted by Gasteiger charge is -2.25. The second-order valence-electron chi connectivity index (χ2n) is 3.89. The summed E-state index contributed by atoms with van der Waals surface area (Å²) in [5, 5.41) is 9.89. The van der Waals surface area contributed by atoms with Gasteiger partial charge in [0.2, 0.25) is 6.10 Å². The second-order valence-corrected chi connectivity index (χ2v) is 4.27. The van der Waals surface area contributed by atoms with Gasteiger partial charge in [-0.25, -0.2) is 0 Å². The number of phenolic OH excluding ortho intramolecular Hbond substituents is 1. The lowest BCUT2D eigenvalue weighted by Crippen LogP contribution is -2.33. The quantitative estimate of drug-likeness (QED) is 0.843. The Balaban J connectivity index is 2.48. The molecule has 1 unspecified atom stereocenters. The number of aromatic hydroxyl groups is 1. The number of halogens is 4. The summed E-state index contributed by atoms with van der Waals surface area (Å²) in [6.07, 6.45) is -3.83. The summed E-state index contributed by atoms with van der Waals surface area (Å²) >= 11 is 6.02. The molecule has 18 heavy (non-hydrogen) atoms. The fourth-order valence-electron chi connectivity index (χ4n) is 1.80. The van der Waals surface area contributed by atoms with E-state index in [1.807, 2.05) is 0 Å². The Morgan fingerprint density at radius 3 is 2.67 bits per heavy atom. The van der Waals surface area contributed by atoms with Crippen molar-refractivity contribution < 1.29 is 23.0 Å². The minimum Gasteiger partial charge on any atom is -0.507 e. The van der Waals surface area contributed by atoms with Crippen molar-refractivity contribution in [2.24, 2.45) is 0 Å². The van der Waals surface area contributed by atoms with Gasteiger partial charge in [-0.2, -0.15) is 13.2 Å². The van der Waals surface area contributed by atoms with Gasteiger partial charge >= 0.3 is 6.18 Å². The summed E-state index contributed by atoms with van der Waals surface area (Å²) in [7, 11) is 0. The zero-order valence-electron chi connectivity index (χ0n) is 9.38. The second kappa shape index (κ2) is 4.39. The van der Waals surface area contributed by atoms with E-state index in [-0.39, 0.29) is 16.5 Å². The third-order valence-corrected chi connectivity index (χ3v) is 3.14. The van der Waals surface area contributed by atoms with Gasteiger partial charge < -0.3 is 9.84 Å². The topological polar surface area (TPSA) is 29.5 Å². The van der Waals surface area contributed by atoms with E-state index in [4.69, 9.17) is 16.3 Å². The first-order chi connectivity index (χ1) is 8.34.